The monoisotopic (exact) mass is 159 g/mol. The summed E-state index contributed by atoms with van der Waals surface area (Å²) in [5.41, 5.74) is 0. The maximum atomic E-state index is 9.76. The van der Waals surface area contributed by atoms with Crippen LogP contribution in [0.3, 0.4) is 0 Å². The SMILES string of the molecule is O=CONS(=O)(=O)Cl. The lowest BCUT2D eigenvalue weighted by atomic mass is 11.6. The van der Waals surface area contributed by atoms with Gasteiger partial charge in [0.15, 0.2) is 0 Å². The summed E-state index contributed by atoms with van der Waals surface area (Å²) in [5, 5.41) is 0. The van der Waals surface area contributed by atoms with Gasteiger partial charge in [-0.25, -0.2) is 0 Å². The van der Waals surface area contributed by atoms with Crippen molar-refractivity contribution in [3.8, 4) is 0 Å². The third-order valence-corrected chi connectivity index (χ3v) is 0.680. The molecule has 0 aliphatic heterocycles. The Morgan fingerprint density at radius 3 is 2.25 bits per heavy atom. The molecular weight excluding hydrogens is 158 g/mol. The van der Waals surface area contributed by atoms with E-state index in [0.29, 0.717) is 0 Å². The van der Waals surface area contributed by atoms with Crippen molar-refractivity contribution >= 4 is 26.4 Å². The van der Waals surface area contributed by atoms with Gasteiger partial charge < -0.3 is 4.84 Å². The van der Waals surface area contributed by atoms with Crippen molar-refractivity contribution in [1.82, 2.24) is 4.89 Å². The topological polar surface area (TPSA) is 72.5 Å². The van der Waals surface area contributed by atoms with E-state index in [2.05, 4.69) is 15.5 Å². The van der Waals surface area contributed by atoms with Gasteiger partial charge in [-0.1, -0.05) is 0 Å². The fraction of sp³-hybridized carbons (Fsp3) is 0. The van der Waals surface area contributed by atoms with Gasteiger partial charge in [0.1, 0.15) is 0 Å². The molecule has 0 rings (SSSR count). The van der Waals surface area contributed by atoms with Crippen molar-refractivity contribution in [1.29, 1.82) is 0 Å². The highest BCUT2D eigenvalue weighted by molar-refractivity contribution is 8.12. The van der Waals surface area contributed by atoms with Crippen molar-refractivity contribution in [3.63, 3.8) is 0 Å². The third-order valence-electron chi connectivity index (χ3n) is 0.196. The molecule has 5 nitrogen and oxygen atoms in total. The Morgan fingerprint density at radius 2 is 2.12 bits per heavy atom. The zero-order valence-electron chi connectivity index (χ0n) is 3.50. The second kappa shape index (κ2) is 2.85. The summed E-state index contributed by atoms with van der Waals surface area (Å²) in [7, 11) is 0.572. The van der Waals surface area contributed by atoms with E-state index in [1.165, 1.54) is 4.89 Å². The summed E-state index contributed by atoms with van der Waals surface area (Å²) in [6.45, 7) is -0.0973. The summed E-state index contributed by atoms with van der Waals surface area (Å²) in [6, 6.07) is 0. The molecule has 0 amide bonds. The molecule has 0 aliphatic rings. The smallest absolute Gasteiger partial charge is 0.328 e. The lowest BCUT2D eigenvalue weighted by Gasteiger charge is -1.90. The summed E-state index contributed by atoms with van der Waals surface area (Å²) in [5.74, 6) is 0. The van der Waals surface area contributed by atoms with Crippen molar-refractivity contribution in [2.45, 2.75) is 0 Å². The molecule has 48 valence electrons. The van der Waals surface area contributed by atoms with Crippen molar-refractivity contribution in [2.75, 3.05) is 0 Å². The standard InChI is InChI=1S/CH2ClNO4S/c2-8(5,6)3-7-1-4/h1,3H. The Labute approximate surface area is 50.1 Å². The van der Waals surface area contributed by atoms with Crippen molar-refractivity contribution in [2.24, 2.45) is 0 Å². The minimum atomic E-state index is -3.92. The van der Waals surface area contributed by atoms with Gasteiger partial charge in [0, 0.05) is 10.7 Å². The molecule has 0 fully saturated rings. The average Bonchev–Trinajstić information content (AvgIpc) is 1.59. The predicted molar refractivity (Wildman–Crippen MR) is 25.1 cm³/mol. The molecule has 0 aromatic heterocycles. The van der Waals surface area contributed by atoms with Crippen LogP contribution in [-0.2, 0) is 18.9 Å². The number of halogens is 1. The first kappa shape index (κ1) is 7.67. The summed E-state index contributed by atoms with van der Waals surface area (Å²) < 4.78 is 19.5. The van der Waals surface area contributed by atoms with Gasteiger partial charge in [-0.3, -0.25) is 4.79 Å². The molecule has 8 heavy (non-hydrogen) atoms. The van der Waals surface area contributed by atoms with Crippen molar-refractivity contribution < 1.29 is 18.0 Å². The minimum absolute atomic E-state index is 0.0973. The van der Waals surface area contributed by atoms with Crippen LogP contribution in [0.15, 0.2) is 0 Å². The van der Waals surface area contributed by atoms with Crippen LogP contribution in [0.1, 0.15) is 0 Å². The van der Waals surface area contributed by atoms with E-state index in [9.17, 15) is 13.2 Å². The Kier molecular flexibility index (Phi) is 2.74. The molecule has 0 radical (unpaired) electrons. The number of hydrogen-bond donors (Lipinski definition) is 1. The lowest BCUT2D eigenvalue weighted by molar-refractivity contribution is -0.131. The fourth-order valence-electron chi connectivity index (χ4n) is 0.0771. The van der Waals surface area contributed by atoms with Crippen molar-refractivity contribution in [3.05, 3.63) is 0 Å². The number of carbonyl (C=O) groups excluding carboxylic acids is 1. The number of hydrogen-bond acceptors (Lipinski definition) is 4. The Bertz CT molecular complexity index is 161. The largest absolute Gasteiger partial charge is 0.358 e. The molecule has 0 unspecified atom stereocenters. The highest BCUT2D eigenvalue weighted by atomic mass is 35.7. The van der Waals surface area contributed by atoms with Crippen LogP contribution in [0.25, 0.3) is 0 Å². The third kappa shape index (κ3) is 5.67. The van der Waals surface area contributed by atoms with Crippen LogP contribution in [0.4, 0.5) is 0 Å². The molecule has 0 saturated heterocycles. The molecule has 1 N–H and O–H groups in total. The molecule has 0 atom stereocenters. The second-order valence-corrected chi connectivity index (χ2v) is 3.00. The number of carbonyl (C=O) groups is 1. The van der Waals surface area contributed by atoms with E-state index in [-0.39, 0.29) is 6.47 Å². The molecule has 0 heterocycles. The molecule has 0 spiro atoms. The normalized spacial score (nSPS) is 10.6. The van der Waals surface area contributed by atoms with E-state index < -0.39 is 9.24 Å². The number of rotatable bonds is 3. The summed E-state index contributed by atoms with van der Waals surface area (Å²) in [6.07, 6.45) is 0. The van der Waals surface area contributed by atoms with E-state index in [1.54, 1.807) is 0 Å². The first-order valence-electron chi connectivity index (χ1n) is 1.37. The summed E-state index contributed by atoms with van der Waals surface area (Å²) in [4.78, 5) is 14.0. The average molecular weight is 160 g/mol. The first-order valence-corrected chi connectivity index (χ1v) is 3.68. The van der Waals surface area contributed by atoms with Crippen LogP contribution in [0.2, 0.25) is 0 Å². The maximum Gasteiger partial charge on any atom is 0.328 e. The fourth-order valence-corrected chi connectivity index (χ4v) is 0.340. The van der Waals surface area contributed by atoms with Gasteiger partial charge in [-0.05, 0) is 4.89 Å². The van der Waals surface area contributed by atoms with Gasteiger partial charge in [0.25, 0.3) is 0 Å². The van der Waals surface area contributed by atoms with Crippen LogP contribution in [0.5, 0.6) is 0 Å². The molecule has 0 saturated carbocycles. The first-order chi connectivity index (χ1) is 3.56. The molecule has 0 aromatic carbocycles. The van der Waals surface area contributed by atoms with Crippen LogP contribution in [-0.4, -0.2) is 14.9 Å². The van der Waals surface area contributed by atoms with Crippen LogP contribution < -0.4 is 4.89 Å². The van der Waals surface area contributed by atoms with E-state index in [0.717, 1.165) is 0 Å². The van der Waals surface area contributed by atoms with Gasteiger partial charge in [0.05, 0.1) is 0 Å². The van der Waals surface area contributed by atoms with Crippen LogP contribution in [0, 0.1) is 0 Å². The highest BCUT2D eigenvalue weighted by Crippen LogP contribution is 1.86. The predicted octanol–water partition coefficient (Wildman–Crippen LogP) is -0.852. The highest BCUT2D eigenvalue weighted by Gasteiger charge is 2.00. The lowest BCUT2D eigenvalue weighted by Crippen LogP contribution is -2.17. The number of nitrogens with one attached hydrogen (secondary N) is 1. The maximum absolute atomic E-state index is 9.76. The van der Waals surface area contributed by atoms with Gasteiger partial charge in [0.2, 0.25) is 0 Å². The quantitative estimate of drug-likeness (QED) is 0.331. The summed E-state index contributed by atoms with van der Waals surface area (Å²) >= 11 is 0. The molecule has 0 aromatic rings. The van der Waals surface area contributed by atoms with Gasteiger partial charge >= 0.3 is 15.7 Å². The Morgan fingerprint density at radius 1 is 1.62 bits per heavy atom. The zero-order valence-corrected chi connectivity index (χ0v) is 5.07. The van der Waals surface area contributed by atoms with Gasteiger partial charge in [-0.2, -0.15) is 8.42 Å². The molecular formula is CH2ClNO4S. The Hall–Kier alpha value is -0.330. The van der Waals surface area contributed by atoms with Crippen LogP contribution >= 0.6 is 10.7 Å². The second-order valence-electron chi connectivity index (χ2n) is 0.735. The Balaban J connectivity index is 3.57. The molecule has 7 heteroatoms. The van der Waals surface area contributed by atoms with E-state index >= 15 is 0 Å². The molecule has 0 aliphatic carbocycles. The zero-order chi connectivity index (χ0) is 6.62. The van der Waals surface area contributed by atoms with E-state index in [1.807, 2.05) is 0 Å². The molecule has 0 bridgehead atoms. The minimum Gasteiger partial charge on any atom is -0.358 e. The van der Waals surface area contributed by atoms with Gasteiger partial charge in [-0.15, -0.1) is 0 Å². The van der Waals surface area contributed by atoms with E-state index in [4.69, 9.17) is 0 Å².